The molecule has 0 atom stereocenters. The second-order valence-corrected chi connectivity index (χ2v) is 6.45. The number of aromatic nitrogens is 3. The van der Waals surface area contributed by atoms with E-state index in [4.69, 9.17) is 9.72 Å². The number of H-pyrrole nitrogens is 1. The van der Waals surface area contributed by atoms with Crippen LogP contribution in [0.15, 0.2) is 60.8 Å². The number of ether oxygens (including phenoxy) is 1. The minimum atomic E-state index is 0.611. The third kappa shape index (κ3) is 2.40. The third-order valence-electron chi connectivity index (χ3n) is 4.66. The van der Waals surface area contributed by atoms with E-state index in [0.29, 0.717) is 6.61 Å². The maximum Gasteiger partial charge on any atom is 0.154 e. The molecule has 1 aliphatic heterocycles. The molecule has 5 nitrogen and oxygen atoms in total. The predicted molar refractivity (Wildman–Crippen MR) is 103 cm³/mol. The molecule has 0 saturated heterocycles. The monoisotopic (exact) mass is 342 g/mol. The summed E-state index contributed by atoms with van der Waals surface area (Å²) in [5.41, 5.74) is 5.11. The van der Waals surface area contributed by atoms with Crippen molar-refractivity contribution in [3.05, 3.63) is 66.4 Å². The molecule has 5 heteroatoms. The van der Waals surface area contributed by atoms with Crippen molar-refractivity contribution in [2.45, 2.75) is 6.92 Å². The minimum absolute atomic E-state index is 0.611. The van der Waals surface area contributed by atoms with Crippen LogP contribution in [0.25, 0.3) is 22.4 Å². The molecule has 128 valence electrons. The topological polar surface area (TPSA) is 54.0 Å². The zero-order chi connectivity index (χ0) is 17.5. The van der Waals surface area contributed by atoms with E-state index in [1.165, 1.54) is 0 Å². The van der Waals surface area contributed by atoms with Crippen molar-refractivity contribution in [2.75, 3.05) is 18.1 Å². The molecule has 26 heavy (non-hydrogen) atoms. The average molecular weight is 342 g/mol. The van der Waals surface area contributed by atoms with Crippen molar-refractivity contribution < 1.29 is 4.74 Å². The molecule has 0 radical (unpaired) electrons. The van der Waals surface area contributed by atoms with Gasteiger partial charge in [0.25, 0.3) is 0 Å². The van der Waals surface area contributed by atoms with Crippen molar-refractivity contribution in [3.8, 4) is 17.1 Å². The fourth-order valence-electron chi connectivity index (χ4n) is 3.37. The second kappa shape index (κ2) is 5.88. The van der Waals surface area contributed by atoms with Crippen molar-refractivity contribution in [3.63, 3.8) is 0 Å². The normalized spacial score (nSPS) is 13.5. The Labute approximate surface area is 151 Å². The molecule has 0 fully saturated rings. The number of pyridine rings is 1. The van der Waals surface area contributed by atoms with Crippen molar-refractivity contribution in [1.82, 2.24) is 15.0 Å². The van der Waals surface area contributed by atoms with Gasteiger partial charge < -0.3 is 14.6 Å². The molecule has 4 aromatic rings. The first-order chi connectivity index (χ1) is 12.8. The fourth-order valence-corrected chi connectivity index (χ4v) is 3.37. The summed E-state index contributed by atoms with van der Waals surface area (Å²) in [4.78, 5) is 14.9. The molecule has 2 aromatic heterocycles. The van der Waals surface area contributed by atoms with Gasteiger partial charge in [-0.15, -0.1) is 0 Å². The van der Waals surface area contributed by atoms with Gasteiger partial charge in [0, 0.05) is 6.20 Å². The van der Waals surface area contributed by atoms with Crippen LogP contribution >= 0.6 is 0 Å². The van der Waals surface area contributed by atoms with Gasteiger partial charge in [0.15, 0.2) is 5.75 Å². The number of fused-ring (bicyclic) bond motifs is 2. The zero-order valence-corrected chi connectivity index (χ0v) is 14.4. The van der Waals surface area contributed by atoms with Gasteiger partial charge in [-0.05, 0) is 42.8 Å². The highest BCUT2D eigenvalue weighted by molar-refractivity contribution is 5.84. The number of para-hydroxylation sites is 3. The Bertz CT molecular complexity index is 1050. The van der Waals surface area contributed by atoms with Crippen LogP contribution in [0.4, 0.5) is 11.5 Å². The summed E-state index contributed by atoms with van der Waals surface area (Å²) in [6.07, 6.45) is 1.90. The standard InChI is InChI=1S/C21H18N4O/c1-14-9-10-19(22-13-14)25-11-12-26-20-15(5-4-8-18(20)25)21-23-16-6-2-3-7-17(16)24-21/h2-10,13H,11-12H2,1H3,(H,23,24). The highest BCUT2D eigenvalue weighted by atomic mass is 16.5. The van der Waals surface area contributed by atoms with Gasteiger partial charge in [0.05, 0.1) is 28.8 Å². The fraction of sp³-hybridized carbons (Fsp3) is 0.143. The molecule has 2 aromatic carbocycles. The maximum absolute atomic E-state index is 6.05. The Hall–Kier alpha value is -3.34. The number of rotatable bonds is 2. The second-order valence-electron chi connectivity index (χ2n) is 6.45. The van der Waals surface area contributed by atoms with Crippen LogP contribution < -0.4 is 9.64 Å². The van der Waals surface area contributed by atoms with E-state index in [-0.39, 0.29) is 0 Å². The lowest BCUT2D eigenvalue weighted by Gasteiger charge is -2.31. The number of anilines is 2. The number of benzene rings is 2. The quantitative estimate of drug-likeness (QED) is 0.584. The summed E-state index contributed by atoms with van der Waals surface area (Å²) in [6.45, 7) is 3.43. The van der Waals surface area contributed by atoms with E-state index in [0.717, 1.165) is 51.8 Å². The van der Waals surface area contributed by atoms with E-state index in [1.54, 1.807) is 0 Å². The number of nitrogens with one attached hydrogen (secondary N) is 1. The van der Waals surface area contributed by atoms with E-state index in [1.807, 2.05) is 49.5 Å². The van der Waals surface area contributed by atoms with Gasteiger partial charge >= 0.3 is 0 Å². The number of imidazole rings is 1. The number of aryl methyl sites for hydroxylation is 1. The number of hydrogen-bond donors (Lipinski definition) is 1. The molecule has 0 spiro atoms. The Morgan fingerprint density at radius 3 is 2.81 bits per heavy atom. The van der Waals surface area contributed by atoms with Gasteiger partial charge in [0.2, 0.25) is 0 Å². The van der Waals surface area contributed by atoms with Crippen LogP contribution in [0.1, 0.15) is 5.56 Å². The van der Waals surface area contributed by atoms with Crippen LogP contribution in [0, 0.1) is 6.92 Å². The molecule has 0 amide bonds. The van der Waals surface area contributed by atoms with Crippen molar-refractivity contribution in [1.29, 1.82) is 0 Å². The summed E-state index contributed by atoms with van der Waals surface area (Å²) in [7, 11) is 0. The highest BCUT2D eigenvalue weighted by Crippen LogP contribution is 2.42. The van der Waals surface area contributed by atoms with Gasteiger partial charge in [-0.1, -0.05) is 24.3 Å². The average Bonchev–Trinajstić information content (AvgIpc) is 3.12. The van der Waals surface area contributed by atoms with E-state index in [2.05, 4.69) is 33.1 Å². The Morgan fingerprint density at radius 2 is 1.96 bits per heavy atom. The first-order valence-electron chi connectivity index (χ1n) is 8.71. The lowest BCUT2D eigenvalue weighted by Crippen LogP contribution is -2.29. The van der Waals surface area contributed by atoms with E-state index >= 15 is 0 Å². The number of aromatic amines is 1. The molecule has 0 saturated carbocycles. The molecule has 5 rings (SSSR count). The van der Waals surface area contributed by atoms with Gasteiger partial charge in [-0.2, -0.15) is 0 Å². The SMILES string of the molecule is Cc1ccc(N2CCOc3c(-c4nc5ccccc5[nH]4)cccc32)nc1. The maximum atomic E-state index is 6.05. The van der Waals surface area contributed by atoms with Gasteiger partial charge in [0.1, 0.15) is 18.2 Å². The lowest BCUT2D eigenvalue weighted by molar-refractivity contribution is 0.315. The first kappa shape index (κ1) is 15.0. The van der Waals surface area contributed by atoms with Crippen molar-refractivity contribution in [2.24, 2.45) is 0 Å². The third-order valence-corrected chi connectivity index (χ3v) is 4.66. The molecule has 3 heterocycles. The Kier molecular flexibility index (Phi) is 3.38. The predicted octanol–water partition coefficient (Wildman–Crippen LogP) is 4.46. The van der Waals surface area contributed by atoms with Crippen LogP contribution in [0.2, 0.25) is 0 Å². The van der Waals surface area contributed by atoms with Crippen LogP contribution in [0.3, 0.4) is 0 Å². The molecular formula is C21H18N4O. The summed E-state index contributed by atoms with van der Waals surface area (Å²) in [5, 5.41) is 0. The largest absolute Gasteiger partial charge is 0.489 e. The first-order valence-corrected chi connectivity index (χ1v) is 8.71. The molecule has 0 bridgehead atoms. The van der Waals surface area contributed by atoms with Crippen LogP contribution in [0.5, 0.6) is 5.75 Å². The molecule has 1 aliphatic rings. The molecular weight excluding hydrogens is 324 g/mol. The number of hydrogen-bond acceptors (Lipinski definition) is 4. The zero-order valence-electron chi connectivity index (χ0n) is 14.4. The van der Waals surface area contributed by atoms with Gasteiger partial charge in [-0.25, -0.2) is 9.97 Å². The summed E-state index contributed by atoms with van der Waals surface area (Å²) >= 11 is 0. The lowest BCUT2D eigenvalue weighted by atomic mass is 10.1. The Balaban J connectivity index is 1.63. The summed E-state index contributed by atoms with van der Waals surface area (Å²) in [6, 6.07) is 18.3. The van der Waals surface area contributed by atoms with Crippen LogP contribution in [-0.4, -0.2) is 28.1 Å². The van der Waals surface area contributed by atoms with Crippen molar-refractivity contribution >= 4 is 22.5 Å². The van der Waals surface area contributed by atoms with E-state index < -0.39 is 0 Å². The summed E-state index contributed by atoms with van der Waals surface area (Å²) in [5.74, 6) is 2.60. The molecule has 0 unspecified atom stereocenters. The van der Waals surface area contributed by atoms with Gasteiger partial charge in [-0.3, -0.25) is 0 Å². The van der Waals surface area contributed by atoms with E-state index in [9.17, 15) is 0 Å². The molecule has 1 N–H and O–H groups in total. The van der Waals surface area contributed by atoms with Crippen LogP contribution in [-0.2, 0) is 0 Å². The summed E-state index contributed by atoms with van der Waals surface area (Å²) < 4.78 is 6.05. The minimum Gasteiger partial charge on any atom is -0.489 e. The smallest absolute Gasteiger partial charge is 0.154 e. The highest BCUT2D eigenvalue weighted by Gasteiger charge is 2.24. The Morgan fingerprint density at radius 1 is 1.04 bits per heavy atom. The molecule has 0 aliphatic carbocycles. The number of nitrogens with zero attached hydrogens (tertiary/aromatic N) is 3.